The molecule has 2 nitrogen and oxygen atoms in total. The number of quaternary nitrogens is 1. The molecule has 1 aromatic rings. The van der Waals surface area contributed by atoms with Crippen LogP contribution in [0.3, 0.4) is 0 Å². The van der Waals surface area contributed by atoms with Gasteiger partial charge in [0.1, 0.15) is 4.99 Å². The molecule has 3 N–H and O–H groups in total. The van der Waals surface area contributed by atoms with Crippen LogP contribution in [0.1, 0.15) is 11.1 Å². The second-order valence-electron chi connectivity index (χ2n) is 3.21. The number of nitrogens with zero attached hydrogens (tertiary/aromatic N) is 1. The van der Waals surface area contributed by atoms with E-state index in [0.717, 1.165) is 17.3 Å². The van der Waals surface area contributed by atoms with Crippen molar-refractivity contribution in [2.75, 3.05) is 0 Å². The third kappa shape index (κ3) is 1.41. The van der Waals surface area contributed by atoms with Gasteiger partial charge in [0, 0.05) is 6.42 Å². The fourth-order valence-corrected chi connectivity index (χ4v) is 2.71. The van der Waals surface area contributed by atoms with Crippen molar-refractivity contribution in [3.8, 4) is 0 Å². The second kappa shape index (κ2) is 3.67. The van der Waals surface area contributed by atoms with Crippen molar-refractivity contribution in [1.29, 1.82) is 0 Å². The minimum atomic E-state index is 0. The summed E-state index contributed by atoms with van der Waals surface area (Å²) in [5.41, 5.74) is 7.72. The van der Waals surface area contributed by atoms with E-state index in [9.17, 15) is 0 Å². The highest BCUT2D eigenvalue weighted by Crippen LogP contribution is 2.39. The lowest BCUT2D eigenvalue weighted by Gasteiger charge is -1.93. The maximum absolute atomic E-state index is 4.44. The van der Waals surface area contributed by atoms with Crippen molar-refractivity contribution in [3.63, 3.8) is 0 Å². The van der Waals surface area contributed by atoms with Crippen molar-refractivity contribution in [2.45, 2.75) is 6.42 Å². The number of aliphatic imine (C=N–C) groups is 1. The van der Waals surface area contributed by atoms with Crippen molar-refractivity contribution >= 4 is 22.6 Å². The zero-order chi connectivity index (χ0) is 8.84. The third-order valence-corrected chi connectivity index (χ3v) is 3.28. The molecule has 4 heteroatoms. The SMILES string of the molecule is [I-].[NH3+]C1=[N+]C2=C(Cc3ccccc32)S1. The van der Waals surface area contributed by atoms with Gasteiger partial charge in [0.15, 0.2) is 0 Å². The topological polar surface area (TPSA) is 41.7 Å². The highest BCUT2D eigenvalue weighted by Gasteiger charge is 2.39. The third-order valence-electron chi connectivity index (χ3n) is 2.37. The predicted octanol–water partition coefficient (Wildman–Crippen LogP) is -2.40. The van der Waals surface area contributed by atoms with Crippen LogP contribution in [0.5, 0.6) is 0 Å². The number of amidine groups is 1. The molecule has 14 heavy (non-hydrogen) atoms. The first-order valence-electron chi connectivity index (χ1n) is 4.24. The molecule has 71 valence electrons. The van der Waals surface area contributed by atoms with Crippen molar-refractivity contribution in [2.24, 2.45) is 0 Å². The summed E-state index contributed by atoms with van der Waals surface area (Å²) < 4.78 is 0. The summed E-state index contributed by atoms with van der Waals surface area (Å²) in [6.45, 7) is 0. The molecular formula is C10H9IN2S+. The lowest BCUT2D eigenvalue weighted by atomic mass is 10.1. The normalized spacial score (nSPS) is 17.4. The van der Waals surface area contributed by atoms with E-state index in [2.05, 4.69) is 35.0 Å². The van der Waals surface area contributed by atoms with Crippen LogP contribution in [0.4, 0.5) is 0 Å². The van der Waals surface area contributed by atoms with Crippen LogP contribution in [-0.2, 0) is 6.42 Å². The molecule has 0 bridgehead atoms. The fourth-order valence-electron chi connectivity index (χ4n) is 1.81. The van der Waals surface area contributed by atoms with Gasteiger partial charge in [0.25, 0.3) is 0 Å². The Balaban J connectivity index is 0.000000750. The molecular weight excluding hydrogens is 307 g/mol. The number of benzene rings is 1. The van der Waals surface area contributed by atoms with Crippen molar-refractivity contribution in [1.82, 2.24) is 4.99 Å². The first kappa shape index (κ1) is 10.2. The number of thioether (sulfide) groups is 1. The zero-order valence-electron chi connectivity index (χ0n) is 7.46. The smallest absolute Gasteiger partial charge is 0.471 e. The van der Waals surface area contributed by atoms with Gasteiger partial charge in [-0.15, -0.1) is 0 Å². The van der Waals surface area contributed by atoms with Crippen LogP contribution >= 0.6 is 11.8 Å². The molecule has 3 rings (SSSR count). The van der Waals surface area contributed by atoms with E-state index in [-0.39, 0.29) is 24.0 Å². The Morgan fingerprint density at radius 1 is 1.29 bits per heavy atom. The van der Waals surface area contributed by atoms with Crippen LogP contribution in [-0.4, -0.2) is 5.17 Å². The molecule has 0 aromatic heterocycles. The van der Waals surface area contributed by atoms with Gasteiger partial charge in [-0.1, -0.05) is 18.2 Å². The van der Waals surface area contributed by atoms with Gasteiger partial charge in [-0.05, 0) is 11.6 Å². The molecule has 1 aliphatic heterocycles. The molecule has 2 aliphatic rings. The quantitative estimate of drug-likeness (QED) is 0.533. The largest absolute Gasteiger partial charge is 1.00 e. The van der Waals surface area contributed by atoms with Crippen molar-refractivity contribution in [3.05, 3.63) is 40.3 Å². The van der Waals surface area contributed by atoms with Crippen LogP contribution in [0.2, 0.25) is 0 Å². The Labute approximate surface area is 104 Å². The van der Waals surface area contributed by atoms with E-state index in [0.29, 0.717) is 0 Å². The molecule has 1 radical (unpaired) electrons. The molecule has 0 atom stereocenters. The summed E-state index contributed by atoms with van der Waals surface area (Å²) in [6, 6.07) is 8.46. The standard InChI is InChI=1S/C10H8N2S.HI/c11-10-12-9-7-4-2-1-3-6(7)5-8(9)13-10;/h1-4H,5,11H2;1H/q+1;. The molecule has 0 amide bonds. The Bertz CT molecular complexity index is 451. The lowest BCUT2D eigenvalue weighted by molar-refractivity contribution is -0.206. The molecule has 1 aromatic carbocycles. The molecule has 0 fully saturated rings. The number of fused-ring (bicyclic) bond motifs is 2. The lowest BCUT2D eigenvalue weighted by Crippen LogP contribution is -3.00. The Morgan fingerprint density at radius 3 is 2.93 bits per heavy atom. The molecule has 0 unspecified atom stereocenters. The van der Waals surface area contributed by atoms with Gasteiger partial charge in [-0.2, -0.15) is 0 Å². The van der Waals surface area contributed by atoms with Gasteiger partial charge in [-0.3, -0.25) is 5.73 Å². The second-order valence-corrected chi connectivity index (χ2v) is 4.38. The molecule has 0 spiro atoms. The van der Waals surface area contributed by atoms with Crippen LogP contribution < -0.4 is 34.7 Å². The molecule has 1 heterocycles. The summed E-state index contributed by atoms with van der Waals surface area (Å²) >= 11 is 1.71. The summed E-state index contributed by atoms with van der Waals surface area (Å²) in [5.74, 6) is 0. The van der Waals surface area contributed by atoms with Crippen molar-refractivity contribution < 1.29 is 29.7 Å². The highest BCUT2D eigenvalue weighted by atomic mass is 127. The van der Waals surface area contributed by atoms with E-state index < -0.39 is 0 Å². The average molecular weight is 316 g/mol. The van der Waals surface area contributed by atoms with Crippen LogP contribution in [0.15, 0.2) is 29.2 Å². The van der Waals surface area contributed by atoms with Crippen LogP contribution in [0.25, 0.3) is 5.70 Å². The number of hydrogen-bond donors (Lipinski definition) is 1. The van der Waals surface area contributed by atoms with E-state index in [1.54, 1.807) is 11.8 Å². The molecule has 0 saturated heterocycles. The number of halogens is 1. The van der Waals surface area contributed by atoms with E-state index in [4.69, 9.17) is 0 Å². The van der Waals surface area contributed by atoms with E-state index >= 15 is 0 Å². The van der Waals surface area contributed by atoms with Crippen LogP contribution in [0, 0.1) is 0 Å². The molecule has 1 aliphatic carbocycles. The maximum atomic E-state index is 4.44. The van der Waals surface area contributed by atoms with E-state index in [1.165, 1.54) is 16.0 Å². The summed E-state index contributed by atoms with van der Waals surface area (Å²) in [6.07, 6.45) is 1.04. The van der Waals surface area contributed by atoms with Gasteiger partial charge >= 0.3 is 10.9 Å². The van der Waals surface area contributed by atoms with Gasteiger partial charge < -0.3 is 24.0 Å². The minimum absolute atomic E-state index is 0. The minimum Gasteiger partial charge on any atom is -1.00 e. The first-order chi connectivity index (χ1) is 6.34. The maximum Gasteiger partial charge on any atom is 0.471 e. The first-order valence-corrected chi connectivity index (χ1v) is 5.06. The number of allylic oxidation sites excluding steroid dienone is 1. The number of hydrogen-bond acceptors (Lipinski definition) is 2. The van der Waals surface area contributed by atoms with Gasteiger partial charge in [0.05, 0.1) is 22.2 Å². The predicted molar refractivity (Wildman–Crippen MR) is 54.7 cm³/mol. The van der Waals surface area contributed by atoms with E-state index in [1.807, 2.05) is 0 Å². The Hall–Kier alpha value is -0.330. The highest BCUT2D eigenvalue weighted by molar-refractivity contribution is 8.17. The number of rotatable bonds is 0. The zero-order valence-corrected chi connectivity index (χ0v) is 10.4. The Kier molecular flexibility index (Phi) is 2.68. The summed E-state index contributed by atoms with van der Waals surface area (Å²) in [5, 5.41) is 0.930. The fraction of sp³-hybridized carbons (Fsp3) is 0.100. The summed E-state index contributed by atoms with van der Waals surface area (Å²) in [7, 11) is 0. The van der Waals surface area contributed by atoms with Gasteiger partial charge in [0.2, 0.25) is 0 Å². The average Bonchev–Trinajstić information content (AvgIpc) is 2.60. The monoisotopic (exact) mass is 316 g/mol. The van der Waals surface area contributed by atoms with Gasteiger partial charge in [-0.25, -0.2) is 0 Å². The Morgan fingerprint density at radius 2 is 2.07 bits per heavy atom. The summed E-state index contributed by atoms with van der Waals surface area (Å²) in [4.78, 5) is 5.81. The molecule has 0 saturated carbocycles.